The summed E-state index contributed by atoms with van der Waals surface area (Å²) in [5.74, 6) is 6.21. The number of hydrazine groups is 1. The van der Waals surface area contributed by atoms with Crippen LogP contribution < -0.4 is 11.3 Å². The summed E-state index contributed by atoms with van der Waals surface area (Å²) in [5, 5.41) is -0.498. The summed E-state index contributed by atoms with van der Waals surface area (Å²) < 4.78 is 24.0. The molecule has 1 heterocycles. The van der Waals surface area contributed by atoms with Gasteiger partial charge in [-0.25, -0.2) is 14.3 Å². The van der Waals surface area contributed by atoms with Crippen molar-refractivity contribution in [3.8, 4) is 0 Å². The van der Waals surface area contributed by atoms with Gasteiger partial charge in [0.25, 0.3) is 0 Å². The second kappa shape index (κ2) is 5.35. The van der Waals surface area contributed by atoms with Gasteiger partial charge in [0.15, 0.2) is 9.84 Å². The zero-order chi connectivity index (χ0) is 12.3. The van der Waals surface area contributed by atoms with Crippen LogP contribution >= 0.6 is 0 Å². The molecule has 98 valence electrons. The third kappa shape index (κ3) is 2.98. The van der Waals surface area contributed by atoms with E-state index in [0.717, 1.165) is 25.7 Å². The molecule has 5 nitrogen and oxygen atoms in total. The second-order valence-corrected chi connectivity index (χ2v) is 7.25. The second-order valence-electron chi connectivity index (χ2n) is 4.95. The molecule has 0 aromatic rings. The smallest absolute Gasteiger partial charge is 0.160 e. The predicted molar refractivity (Wildman–Crippen MR) is 68.4 cm³/mol. The number of sulfone groups is 1. The summed E-state index contributed by atoms with van der Waals surface area (Å²) in [7, 11) is -3.05. The van der Waals surface area contributed by atoms with E-state index >= 15 is 0 Å². The lowest BCUT2D eigenvalue weighted by atomic mass is 10.1. The van der Waals surface area contributed by atoms with E-state index in [4.69, 9.17) is 5.84 Å². The molecular weight excluding hydrogens is 238 g/mol. The quantitative estimate of drug-likeness (QED) is 0.332. The largest absolute Gasteiger partial charge is 0.311 e. The summed E-state index contributed by atoms with van der Waals surface area (Å²) in [5.41, 5.74) is 2.53. The molecule has 0 bridgehead atoms. The van der Waals surface area contributed by atoms with Crippen molar-refractivity contribution in [1.29, 1.82) is 0 Å². The van der Waals surface area contributed by atoms with Gasteiger partial charge in [-0.3, -0.25) is 4.99 Å². The lowest BCUT2D eigenvalue weighted by Crippen LogP contribution is -2.46. The molecule has 1 atom stereocenters. The average Bonchev–Trinajstić information content (AvgIpc) is 2.79. The van der Waals surface area contributed by atoms with E-state index in [9.17, 15) is 8.42 Å². The SMILES string of the molecule is NNC(=NC1CCCC1)C1CCCCS1(=O)=O. The molecule has 1 saturated carbocycles. The van der Waals surface area contributed by atoms with E-state index in [-0.39, 0.29) is 11.8 Å². The van der Waals surface area contributed by atoms with Crippen molar-refractivity contribution in [2.24, 2.45) is 10.8 Å². The molecule has 6 heteroatoms. The highest BCUT2D eigenvalue weighted by Crippen LogP contribution is 2.24. The third-order valence-corrected chi connectivity index (χ3v) is 5.86. The maximum Gasteiger partial charge on any atom is 0.160 e. The van der Waals surface area contributed by atoms with Crippen molar-refractivity contribution < 1.29 is 8.42 Å². The topological polar surface area (TPSA) is 84.5 Å². The Hall–Kier alpha value is -0.620. The van der Waals surface area contributed by atoms with Crippen molar-refractivity contribution in [2.45, 2.75) is 56.2 Å². The summed E-state index contributed by atoms with van der Waals surface area (Å²) in [4.78, 5) is 4.51. The van der Waals surface area contributed by atoms with Crippen LogP contribution in [0.2, 0.25) is 0 Å². The van der Waals surface area contributed by atoms with Crippen molar-refractivity contribution in [1.82, 2.24) is 5.43 Å². The third-order valence-electron chi connectivity index (χ3n) is 3.68. The van der Waals surface area contributed by atoms with Gasteiger partial charge in [-0.15, -0.1) is 0 Å². The number of hydrogen-bond donors (Lipinski definition) is 2. The summed E-state index contributed by atoms with van der Waals surface area (Å²) in [6, 6.07) is 0.262. The molecule has 2 aliphatic rings. The fourth-order valence-corrected chi connectivity index (χ4v) is 4.59. The van der Waals surface area contributed by atoms with Gasteiger partial charge in [0.05, 0.1) is 11.8 Å². The first-order chi connectivity index (χ1) is 8.13. The summed E-state index contributed by atoms with van der Waals surface area (Å²) >= 11 is 0. The summed E-state index contributed by atoms with van der Waals surface area (Å²) in [6.45, 7) is 0. The summed E-state index contributed by atoms with van der Waals surface area (Å²) in [6.07, 6.45) is 6.83. The molecular formula is C11H21N3O2S. The highest BCUT2D eigenvalue weighted by molar-refractivity contribution is 7.92. The fourth-order valence-electron chi connectivity index (χ4n) is 2.71. The molecule has 2 fully saturated rings. The first kappa shape index (κ1) is 12.8. The monoisotopic (exact) mass is 259 g/mol. The van der Waals surface area contributed by atoms with Crippen molar-refractivity contribution >= 4 is 15.7 Å². The van der Waals surface area contributed by atoms with Crippen LogP contribution in [0, 0.1) is 0 Å². The molecule has 3 N–H and O–H groups in total. The van der Waals surface area contributed by atoms with Crippen LogP contribution in [0.15, 0.2) is 4.99 Å². The number of aliphatic imine (C=N–C) groups is 1. The molecule has 1 aliphatic carbocycles. The molecule has 1 aliphatic heterocycles. The number of nitrogens with two attached hydrogens (primary N) is 1. The van der Waals surface area contributed by atoms with Crippen LogP contribution in [0.3, 0.4) is 0 Å². The molecule has 1 unspecified atom stereocenters. The number of hydrogen-bond acceptors (Lipinski definition) is 4. The number of rotatable bonds is 2. The Balaban J connectivity index is 2.16. The highest BCUT2D eigenvalue weighted by Gasteiger charge is 2.33. The average molecular weight is 259 g/mol. The van der Waals surface area contributed by atoms with Crippen LogP contribution in [0.5, 0.6) is 0 Å². The number of nitrogens with one attached hydrogen (secondary N) is 1. The zero-order valence-electron chi connectivity index (χ0n) is 10.1. The minimum atomic E-state index is -3.05. The Labute approximate surface area is 103 Å². The molecule has 0 radical (unpaired) electrons. The molecule has 0 spiro atoms. The Kier molecular flexibility index (Phi) is 4.04. The predicted octanol–water partition coefficient (Wildman–Crippen LogP) is 0.758. The normalized spacial score (nSPS) is 30.4. The van der Waals surface area contributed by atoms with Crippen molar-refractivity contribution in [3.05, 3.63) is 0 Å². The van der Waals surface area contributed by atoms with Crippen LogP contribution in [-0.4, -0.2) is 31.3 Å². The van der Waals surface area contributed by atoms with E-state index in [0.29, 0.717) is 12.3 Å². The van der Waals surface area contributed by atoms with Gasteiger partial charge in [0.1, 0.15) is 11.1 Å². The minimum absolute atomic E-state index is 0.262. The van der Waals surface area contributed by atoms with Gasteiger partial charge in [0, 0.05) is 0 Å². The molecule has 0 amide bonds. The first-order valence-electron chi connectivity index (χ1n) is 6.39. The van der Waals surface area contributed by atoms with Gasteiger partial charge in [0.2, 0.25) is 0 Å². The molecule has 0 aromatic heterocycles. The number of amidine groups is 1. The molecule has 0 aromatic carbocycles. The zero-order valence-corrected chi connectivity index (χ0v) is 10.9. The van der Waals surface area contributed by atoms with E-state index in [1.54, 1.807) is 0 Å². The molecule has 17 heavy (non-hydrogen) atoms. The Morgan fingerprint density at radius 3 is 2.35 bits per heavy atom. The van der Waals surface area contributed by atoms with E-state index in [1.165, 1.54) is 12.8 Å². The fraction of sp³-hybridized carbons (Fsp3) is 0.909. The minimum Gasteiger partial charge on any atom is -0.311 e. The Morgan fingerprint density at radius 2 is 1.76 bits per heavy atom. The Morgan fingerprint density at radius 1 is 1.12 bits per heavy atom. The van der Waals surface area contributed by atoms with Gasteiger partial charge in [-0.2, -0.15) is 0 Å². The first-order valence-corrected chi connectivity index (χ1v) is 8.11. The van der Waals surface area contributed by atoms with Crippen LogP contribution in [0.4, 0.5) is 0 Å². The maximum atomic E-state index is 12.0. The van der Waals surface area contributed by atoms with Crippen molar-refractivity contribution in [2.75, 3.05) is 5.75 Å². The van der Waals surface area contributed by atoms with Crippen LogP contribution in [-0.2, 0) is 9.84 Å². The lowest BCUT2D eigenvalue weighted by molar-refractivity contribution is 0.560. The molecule has 1 saturated heterocycles. The lowest BCUT2D eigenvalue weighted by Gasteiger charge is -2.24. The standard InChI is InChI=1S/C11H21N3O2S/c12-14-11(13-9-5-1-2-6-9)10-7-3-4-8-17(10,15)16/h9-10H,1-8,12H2,(H,13,14). The van der Waals surface area contributed by atoms with Gasteiger partial charge in [-0.1, -0.05) is 19.3 Å². The van der Waals surface area contributed by atoms with E-state index in [2.05, 4.69) is 10.4 Å². The van der Waals surface area contributed by atoms with Crippen LogP contribution in [0.25, 0.3) is 0 Å². The number of nitrogens with zero attached hydrogens (tertiary/aromatic N) is 1. The maximum absolute atomic E-state index is 12.0. The van der Waals surface area contributed by atoms with Gasteiger partial charge < -0.3 is 5.43 Å². The van der Waals surface area contributed by atoms with E-state index < -0.39 is 15.1 Å². The van der Waals surface area contributed by atoms with Crippen LogP contribution in [0.1, 0.15) is 44.9 Å². The highest BCUT2D eigenvalue weighted by atomic mass is 32.2. The van der Waals surface area contributed by atoms with E-state index in [1.807, 2.05) is 0 Å². The van der Waals surface area contributed by atoms with Gasteiger partial charge >= 0.3 is 0 Å². The Bertz CT molecular complexity index is 386. The van der Waals surface area contributed by atoms with Gasteiger partial charge in [-0.05, 0) is 25.7 Å². The molecule has 2 rings (SSSR count). The van der Waals surface area contributed by atoms with Crippen molar-refractivity contribution in [3.63, 3.8) is 0 Å².